The lowest BCUT2D eigenvalue weighted by molar-refractivity contribution is -0.0830. The van der Waals surface area contributed by atoms with Gasteiger partial charge in [-0.25, -0.2) is 26.1 Å². The standard InChI is InChI=1S/C56H70ClF3N5O11PS3/c1-6-63(7-2)36-46-37-73-34-33-65(46)32-29-44(38-78-47-13-9-8-10-14-47)61-51-26-25-48(35-52(51)79(69,70)56(58,59)60)80(71,72)62-54(66)42-19-23-45(24-20-42)64-30-27-41(28-31-64)53(74-39-75-77(67,68)76-55(3,4)5)50-16-12-11-15-49(50)40-17-21-43(57)22-18-40/h8-26,35,41,44,46,53,61H,6-7,27-34,36-39H2,1-5H3,(H,62,66)(H,67,68)/t44-,46+,53-/m1/s1. The summed E-state index contributed by atoms with van der Waals surface area (Å²) in [6, 6.07) is 32.3. The summed E-state index contributed by atoms with van der Waals surface area (Å²) in [6.07, 6.45) is 0.988. The van der Waals surface area contributed by atoms with Crippen molar-refractivity contribution in [2.24, 2.45) is 5.92 Å². The highest BCUT2D eigenvalue weighted by atomic mass is 35.5. The van der Waals surface area contributed by atoms with Crippen LogP contribution in [0.15, 0.2) is 136 Å². The molecule has 16 nitrogen and oxygen atoms in total. The van der Waals surface area contributed by atoms with Gasteiger partial charge in [0, 0.05) is 71.7 Å². The third kappa shape index (κ3) is 17.3. The highest BCUT2D eigenvalue weighted by Gasteiger charge is 2.49. The average molecular weight is 1210 g/mol. The molecular formula is C56H70ClF3N5O11PS3. The Balaban J connectivity index is 1.05. The monoisotopic (exact) mass is 1210 g/mol. The Morgan fingerprint density at radius 1 is 0.900 bits per heavy atom. The summed E-state index contributed by atoms with van der Waals surface area (Å²) in [7, 11) is -15.6. The first-order valence-electron chi connectivity index (χ1n) is 26.4. The second-order valence-corrected chi connectivity index (χ2v) is 27.0. The smallest absolute Gasteiger partial charge is 0.380 e. The van der Waals surface area contributed by atoms with Crippen molar-refractivity contribution >= 4 is 68.3 Å². The number of halogens is 4. The molecule has 0 bridgehead atoms. The number of nitrogens with one attached hydrogen (secondary N) is 2. The quantitative estimate of drug-likeness (QED) is 0.0284. The molecule has 7 rings (SSSR count). The fourth-order valence-electron chi connectivity index (χ4n) is 9.70. The molecule has 0 aliphatic carbocycles. The van der Waals surface area contributed by atoms with Gasteiger partial charge >= 0.3 is 13.3 Å². The number of hydrogen-bond acceptors (Lipinski definition) is 15. The van der Waals surface area contributed by atoms with E-state index < -0.39 is 79.1 Å². The highest BCUT2D eigenvalue weighted by Crippen LogP contribution is 2.48. The third-order valence-corrected chi connectivity index (χ3v) is 19.3. The number of anilines is 2. The molecule has 80 heavy (non-hydrogen) atoms. The van der Waals surface area contributed by atoms with Crippen LogP contribution in [-0.2, 0) is 42.9 Å². The Hall–Kier alpha value is -4.55. The molecule has 0 radical (unpaired) electrons. The van der Waals surface area contributed by atoms with Crippen molar-refractivity contribution < 1.29 is 62.8 Å². The van der Waals surface area contributed by atoms with E-state index in [4.69, 9.17) is 30.1 Å². The second kappa shape index (κ2) is 27.7. The maximum atomic E-state index is 14.5. The van der Waals surface area contributed by atoms with Gasteiger partial charge in [0.25, 0.3) is 25.8 Å². The molecule has 4 atom stereocenters. The highest BCUT2D eigenvalue weighted by molar-refractivity contribution is 7.99. The lowest BCUT2D eigenvalue weighted by Gasteiger charge is -2.39. The van der Waals surface area contributed by atoms with Gasteiger partial charge in [0.1, 0.15) is 4.90 Å². The van der Waals surface area contributed by atoms with Crippen LogP contribution in [0.5, 0.6) is 0 Å². The zero-order chi connectivity index (χ0) is 57.9. The minimum Gasteiger partial charge on any atom is -0.380 e. The van der Waals surface area contributed by atoms with Crippen molar-refractivity contribution in [1.82, 2.24) is 14.5 Å². The number of phosphoric acid groups is 1. The van der Waals surface area contributed by atoms with Crippen LogP contribution in [0.3, 0.4) is 0 Å². The molecule has 1 unspecified atom stereocenters. The van der Waals surface area contributed by atoms with Crippen molar-refractivity contribution in [2.45, 2.75) is 97.9 Å². The Morgan fingerprint density at radius 3 is 2.21 bits per heavy atom. The van der Waals surface area contributed by atoms with Gasteiger partial charge in [0.05, 0.1) is 35.5 Å². The van der Waals surface area contributed by atoms with E-state index in [1.54, 1.807) is 45.0 Å². The fraction of sp³-hybridized carbons (Fsp3) is 0.446. The lowest BCUT2D eigenvalue weighted by atomic mass is 9.84. The molecule has 0 spiro atoms. The molecule has 436 valence electrons. The number of ether oxygens (including phenoxy) is 2. The molecule has 2 aliphatic rings. The fourth-order valence-corrected chi connectivity index (χ4v) is 13.8. The van der Waals surface area contributed by atoms with Crippen LogP contribution < -0.4 is 14.9 Å². The van der Waals surface area contributed by atoms with Gasteiger partial charge in [-0.15, -0.1) is 11.8 Å². The van der Waals surface area contributed by atoms with Crippen molar-refractivity contribution in [3.05, 3.63) is 137 Å². The number of piperidine rings is 1. The maximum absolute atomic E-state index is 14.5. The molecule has 2 heterocycles. The maximum Gasteiger partial charge on any atom is 0.501 e. The molecule has 5 aromatic carbocycles. The van der Waals surface area contributed by atoms with Crippen LogP contribution in [0.1, 0.15) is 75.9 Å². The average Bonchev–Trinajstić information content (AvgIpc) is 3.42. The van der Waals surface area contributed by atoms with Crippen LogP contribution >= 0.6 is 31.2 Å². The number of sulfonamides is 1. The minimum atomic E-state index is -6.14. The van der Waals surface area contributed by atoms with Crippen molar-refractivity contribution in [2.75, 3.05) is 81.8 Å². The molecule has 1 amide bonds. The summed E-state index contributed by atoms with van der Waals surface area (Å²) in [5.74, 6) is -0.875. The first kappa shape index (κ1) is 63.0. The van der Waals surface area contributed by atoms with Crippen LogP contribution in [0.25, 0.3) is 11.1 Å². The lowest BCUT2D eigenvalue weighted by Crippen LogP contribution is -2.52. The van der Waals surface area contributed by atoms with E-state index in [9.17, 15) is 44.3 Å². The van der Waals surface area contributed by atoms with Gasteiger partial charge in [-0.3, -0.25) is 18.7 Å². The predicted octanol–water partition coefficient (Wildman–Crippen LogP) is 11.3. The normalized spacial score (nSPS) is 17.7. The third-order valence-electron chi connectivity index (χ3n) is 13.9. The van der Waals surface area contributed by atoms with Crippen LogP contribution in [0.2, 0.25) is 5.02 Å². The van der Waals surface area contributed by atoms with Crippen molar-refractivity contribution in [3.63, 3.8) is 0 Å². The number of carbonyl (C=O) groups excluding carboxylic acids is 1. The van der Waals surface area contributed by atoms with E-state index >= 15 is 0 Å². The summed E-state index contributed by atoms with van der Waals surface area (Å²) in [5, 5.41) is 3.61. The van der Waals surface area contributed by atoms with E-state index in [1.807, 2.05) is 71.5 Å². The number of benzene rings is 5. The molecule has 24 heteroatoms. The Bertz CT molecular complexity index is 3120. The second-order valence-electron chi connectivity index (χ2n) is 20.5. The predicted molar refractivity (Wildman–Crippen MR) is 306 cm³/mol. The minimum absolute atomic E-state index is 0.0618. The van der Waals surface area contributed by atoms with Crippen LogP contribution in [-0.4, -0.2) is 132 Å². The Labute approximate surface area is 477 Å². The van der Waals surface area contributed by atoms with Gasteiger partial charge in [-0.1, -0.05) is 80.0 Å². The number of sulfone groups is 1. The van der Waals surface area contributed by atoms with E-state index in [-0.39, 0.29) is 17.5 Å². The zero-order valence-electron chi connectivity index (χ0n) is 45.3. The zero-order valence-corrected chi connectivity index (χ0v) is 49.4. The largest absolute Gasteiger partial charge is 0.501 e. The van der Waals surface area contributed by atoms with E-state index in [2.05, 4.69) is 33.9 Å². The van der Waals surface area contributed by atoms with Crippen molar-refractivity contribution in [1.29, 1.82) is 0 Å². The Kier molecular flexibility index (Phi) is 21.8. The number of rotatable bonds is 25. The van der Waals surface area contributed by atoms with Crippen LogP contribution in [0, 0.1) is 5.92 Å². The number of thioether (sulfide) groups is 1. The van der Waals surface area contributed by atoms with E-state index in [0.29, 0.717) is 81.2 Å². The van der Waals surface area contributed by atoms with E-state index in [1.165, 1.54) is 23.9 Å². The number of carbonyl (C=O) groups is 1. The topological polar surface area (TPSA) is 193 Å². The number of alkyl halides is 3. The number of nitrogens with zero attached hydrogens (tertiary/aromatic N) is 3. The molecular weight excluding hydrogens is 1140 g/mol. The van der Waals surface area contributed by atoms with E-state index in [0.717, 1.165) is 53.4 Å². The molecule has 0 saturated carbocycles. The van der Waals surface area contributed by atoms with Gasteiger partial charge in [0.2, 0.25) is 0 Å². The molecule has 2 aliphatic heterocycles. The number of likely N-dealkylation sites (N-methyl/N-ethyl adjacent to an activating group) is 1. The summed E-state index contributed by atoms with van der Waals surface area (Å²) in [6.45, 7) is 14.1. The van der Waals surface area contributed by atoms with Gasteiger partial charge in [-0.2, -0.15) is 13.2 Å². The molecule has 2 fully saturated rings. The van der Waals surface area contributed by atoms with Crippen molar-refractivity contribution in [3.8, 4) is 11.1 Å². The summed E-state index contributed by atoms with van der Waals surface area (Å²) in [4.78, 5) is 29.4. The molecule has 0 aromatic heterocycles. The summed E-state index contributed by atoms with van der Waals surface area (Å²) >= 11 is 7.65. The molecule has 5 aromatic rings. The number of hydrogen-bond donors (Lipinski definition) is 3. The molecule has 3 N–H and O–H groups in total. The summed E-state index contributed by atoms with van der Waals surface area (Å²) in [5.41, 5.74) is -3.99. The van der Waals surface area contributed by atoms with Gasteiger partial charge < -0.3 is 29.5 Å². The Morgan fingerprint density at radius 2 is 1.56 bits per heavy atom. The molecule has 2 saturated heterocycles. The number of amides is 1. The van der Waals surface area contributed by atoms with Gasteiger partial charge in [0.15, 0.2) is 6.79 Å². The first-order chi connectivity index (χ1) is 37.9. The number of morpholine rings is 1. The summed E-state index contributed by atoms with van der Waals surface area (Å²) < 4.78 is 135. The number of phosphoric ester groups is 1. The first-order valence-corrected chi connectivity index (χ1v) is 32.2. The SMILES string of the molecule is CCN(CC)C[C@H]1COCCN1CC[C@H](CSc1ccccc1)Nc1ccc(S(=O)(=O)NC(=O)c2ccc(N3CCC([C@@H](OCOP(=O)(O)OC(C)(C)C)c4ccccc4-c4ccc(Cl)cc4)CC3)cc2)cc1S(=O)(=O)C(F)(F)F. The van der Waals surface area contributed by atoms with Crippen LogP contribution in [0.4, 0.5) is 24.5 Å². The van der Waals surface area contributed by atoms with Gasteiger partial charge in [-0.05, 0) is 142 Å².